The molecule has 226 valence electrons. The van der Waals surface area contributed by atoms with E-state index in [2.05, 4.69) is 20.4 Å². The van der Waals surface area contributed by atoms with Crippen LogP contribution in [0.1, 0.15) is 48.0 Å². The molecule has 12 heteroatoms. The molecule has 1 saturated carbocycles. The topological polar surface area (TPSA) is 140 Å². The summed E-state index contributed by atoms with van der Waals surface area (Å²) in [5.74, 6) is 0.696. The maximum atomic E-state index is 13.7. The highest BCUT2D eigenvalue weighted by Gasteiger charge is 2.40. The molecule has 3 saturated heterocycles. The number of fused-ring (bicyclic) bond motifs is 3. The molecule has 43 heavy (non-hydrogen) atoms. The lowest BCUT2D eigenvalue weighted by molar-refractivity contribution is -0.113. The molecule has 0 spiro atoms. The molecule has 1 unspecified atom stereocenters. The minimum absolute atomic E-state index is 0.000289. The zero-order valence-corrected chi connectivity index (χ0v) is 24.1. The number of nitrogens with zero attached hydrogens (tertiary/aromatic N) is 4. The van der Waals surface area contributed by atoms with Crippen molar-refractivity contribution >= 4 is 41.5 Å². The molecule has 2 atom stereocenters. The predicted octanol–water partition coefficient (Wildman–Crippen LogP) is 2.02. The Bertz CT molecular complexity index is 1420. The van der Waals surface area contributed by atoms with E-state index in [1.807, 2.05) is 23.1 Å². The standard InChI is InChI=1S/C31H37N7O5/c32-14-25(29-33-6-5-28(35-29)37-16-23-12-22(37)18-43-23)30(40)34-26-11-20-15-38(21-3-1-19(17-39)2-4-21)31(41)24(20)13-27(26)36-7-9-42-10-8-36/h5-6,11,13-14,17,19,21-23,32-33H,1-4,7-10,12,15-16,18H2,(H,34,40)/b29-25-,32-14?/t19-,21-,22-,23?/m1/s1. The summed E-state index contributed by atoms with van der Waals surface area (Å²) < 4.78 is 11.3. The van der Waals surface area contributed by atoms with E-state index in [0.717, 1.165) is 68.2 Å². The van der Waals surface area contributed by atoms with Gasteiger partial charge in [-0.15, -0.1) is 0 Å². The van der Waals surface area contributed by atoms with Crippen molar-refractivity contribution in [2.75, 3.05) is 49.7 Å². The zero-order valence-electron chi connectivity index (χ0n) is 24.1. The third-order valence-electron chi connectivity index (χ3n) is 9.55. The first-order valence-electron chi connectivity index (χ1n) is 15.2. The van der Waals surface area contributed by atoms with Crippen molar-refractivity contribution in [1.29, 1.82) is 5.41 Å². The Morgan fingerprint density at radius 2 is 1.93 bits per heavy atom. The molecule has 4 fully saturated rings. The number of ether oxygens (including phenoxy) is 2. The summed E-state index contributed by atoms with van der Waals surface area (Å²) in [6, 6.07) is 4.18. The van der Waals surface area contributed by atoms with Crippen LogP contribution in [0.2, 0.25) is 0 Å². The SMILES string of the molecule is N=C/C(C(=O)Nc1cc2c(cc1N1CCOCC1)C(=O)N([C@H]1CC[C@H](C=O)CC1)C2)=C1/N=C(N2CC3C[C@@H]2CO3)C=CN1. The normalized spacial score (nSPS) is 29.3. The number of nitrogens with one attached hydrogen (secondary N) is 3. The van der Waals surface area contributed by atoms with Gasteiger partial charge < -0.3 is 45.0 Å². The van der Waals surface area contributed by atoms with E-state index in [1.165, 1.54) is 0 Å². The minimum Gasteiger partial charge on any atom is -0.378 e. The summed E-state index contributed by atoms with van der Waals surface area (Å²) in [7, 11) is 0. The van der Waals surface area contributed by atoms with E-state index in [0.29, 0.717) is 56.5 Å². The van der Waals surface area contributed by atoms with Crippen LogP contribution in [-0.2, 0) is 25.6 Å². The summed E-state index contributed by atoms with van der Waals surface area (Å²) in [6.07, 6.45) is 10.1. The molecule has 2 bridgehead atoms. The van der Waals surface area contributed by atoms with Crippen LogP contribution in [-0.4, -0.2) is 97.6 Å². The highest BCUT2D eigenvalue weighted by atomic mass is 16.5. The van der Waals surface area contributed by atoms with Crippen molar-refractivity contribution in [3.8, 4) is 0 Å². The fraction of sp³-hybridized carbons (Fsp3) is 0.516. The first kappa shape index (κ1) is 27.8. The fourth-order valence-corrected chi connectivity index (χ4v) is 7.17. The largest absolute Gasteiger partial charge is 0.378 e. The molecule has 1 aromatic rings. The summed E-state index contributed by atoms with van der Waals surface area (Å²) in [6.45, 7) is 4.28. The van der Waals surface area contributed by atoms with Gasteiger partial charge in [0.05, 0.1) is 48.9 Å². The third kappa shape index (κ3) is 5.22. The van der Waals surface area contributed by atoms with E-state index in [-0.39, 0.29) is 35.6 Å². The van der Waals surface area contributed by atoms with E-state index in [9.17, 15) is 14.4 Å². The van der Waals surface area contributed by atoms with E-state index in [1.54, 1.807) is 6.20 Å². The number of rotatable bonds is 6. The van der Waals surface area contributed by atoms with Crippen molar-refractivity contribution in [3.05, 3.63) is 46.9 Å². The summed E-state index contributed by atoms with van der Waals surface area (Å²) in [5.41, 5.74) is 2.98. The number of amidine groups is 1. The van der Waals surface area contributed by atoms with Gasteiger partial charge in [0.1, 0.15) is 17.9 Å². The third-order valence-corrected chi connectivity index (χ3v) is 9.55. The Morgan fingerprint density at radius 1 is 1.12 bits per heavy atom. The number of amides is 2. The van der Waals surface area contributed by atoms with Gasteiger partial charge in [-0.25, -0.2) is 4.99 Å². The van der Waals surface area contributed by atoms with Gasteiger partial charge in [-0.2, -0.15) is 0 Å². The molecule has 7 rings (SSSR count). The first-order valence-corrected chi connectivity index (χ1v) is 15.2. The van der Waals surface area contributed by atoms with Gasteiger partial charge >= 0.3 is 0 Å². The van der Waals surface area contributed by atoms with Crippen molar-refractivity contribution in [3.63, 3.8) is 0 Å². The van der Waals surface area contributed by atoms with Crippen LogP contribution in [0.5, 0.6) is 0 Å². The van der Waals surface area contributed by atoms with Gasteiger partial charge in [0.25, 0.3) is 11.8 Å². The number of aldehydes is 1. The number of carbonyl (C=O) groups excluding carboxylic acids is 3. The monoisotopic (exact) mass is 587 g/mol. The summed E-state index contributed by atoms with van der Waals surface area (Å²) in [4.78, 5) is 49.6. The maximum Gasteiger partial charge on any atom is 0.261 e. The molecule has 2 amide bonds. The van der Waals surface area contributed by atoms with Crippen molar-refractivity contribution in [2.45, 2.75) is 56.8 Å². The number of aliphatic imine (C=N–C) groups is 1. The smallest absolute Gasteiger partial charge is 0.261 e. The molecule has 5 heterocycles. The second kappa shape index (κ2) is 11.6. The number of benzene rings is 1. The molecular weight excluding hydrogens is 550 g/mol. The Balaban J connectivity index is 1.16. The van der Waals surface area contributed by atoms with Crippen LogP contribution < -0.4 is 15.5 Å². The van der Waals surface area contributed by atoms with Crippen LogP contribution in [0.25, 0.3) is 0 Å². The van der Waals surface area contributed by atoms with Crippen LogP contribution >= 0.6 is 0 Å². The van der Waals surface area contributed by atoms with Crippen molar-refractivity contribution < 1.29 is 23.9 Å². The van der Waals surface area contributed by atoms with Gasteiger partial charge in [-0.3, -0.25) is 9.59 Å². The Morgan fingerprint density at radius 3 is 2.63 bits per heavy atom. The van der Waals surface area contributed by atoms with Crippen molar-refractivity contribution in [2.24, 2.45) is 10.9 Å². The predicted molar refractivity (Wildman–Crippen MR) is 160 cm³/mol. The van der Waals surface area contributed by atoms with Gasteiger partial charge in [0.15, 0.2) is 0 Å². The van der Waals surface area contributed by atoms with Crippen LogP contribution in [0, 0.1) is 11.3 Å². The van der Waals surface area contributed by atoms with Crippen LogP contribution in [0.15, 0.2) is 40.8 Å². The molecular formula is C31H37N7O5. The number of hydrogen-bond donors (Lipinski definition) is 3. The molecule has 1 aliphatic carbocycles. The summed E-state index contributed by atoms with van der Waals surface area (Å²) >= 11 is 0. The van der Waals surface area contributed by atoms with Crippen molar-refractivity contribution in [1.82, 2.24) is 15.1 Å². The van der Waals surface area contributed by atoms with Gasteiger partial charge in [-0.1, -0.05) is 0 Å². The Kier molecular flexibility index (Phi) is 7.48. The second-order valence-electron chi connectivity index (χ2n) is 12.1. The quantitative estimate of drug-likeness (QED) is 0.261. The Labute approximate surface area is 250 Å². The average molecular weight is 588 g/mol. The van der Waals surface area contributed by atoms with Gasteiger partial charge in [0.2, 0.25) is 0 Å². The number of hydrogen-bond acceptors (Lipinski definition) is 10. The highest BCUT2D eigenvalue weighted by molar-refractivity contribution is 6.19. The molecule has 5 aliphatic heterocycles. The van der Waals surface area contributed by atoms with E-state index in [4.69, 9.17) is 19.9 Å². The summed E-state index contributed by atoms with van der Waals surface area (Å²) in [5, 5.41) is 14.2. The molecule has 1 aromatic carbocycles. The van der Waals surface area contributed by atoms with Crippen LogP contribution in [0.3, 0.4) is 0 Å². The molecule has 6 aliphatic rings. The maximum absolute atomic E-state index is 13.7. The molecule has 0 aromatic heterocycles. The minimum atomic E-state index is -0.454. The fourth-order valence-electron chi connectivity index (χ4n) is 7.17. The molecule has 12 nitrogen and oxygen atoms in total. The molecule has 0 radical (unpaired) electrons. The lowest BCUT2D eigenvalue weighted by Crippen LogP contribution is -2.42. The zero-order chi connectivity index (χ0) is 29.5. The average Bonchev–Trinajstić information content (AvgIpc) is 3.77. The lowest BCUT2D eigenvalue weighted by atomic mass is 9.86. The Hall–Kier alpha value is -4.03. The first-order chi connectivity index (χ1) is 21.0. The number of likely N-dealkylation sites (tertiary alicyclic amines) is 1. The number of morpholine rings is 2. The molecule has 3 N–H and O–H groups in total. The van der Waals surface area contributed by atoms with Gasteiger partial charge in [0, 0.05) is 56.1 Å². The van der Waals surface area contributed by atoms with E-state index < -0.39 is 5.91 Å². The number of anilines is 2. The highest BCUT2D eigenvalue weighted by Crippen LogP contribution is 2.38. The van der Waals surface area contributed by atoms with E-state index >= 15 is 0 Å². The van der Waals surface area contributed by atoms with Gasteiger partial charge in [-0.05, 0) is 55.9 Å². The second-order valence-corrected chi connectivity index (χ2v) is 12.1. The number of carbonyl (C=O) groups is 3. The van der Waals surface area contributed by atoms with Crippen LogP contribution in [0.4, 0.5) is 11.4 Å². The lowest BCUT2D eigenvalue weighted by Gasteiger charge is -2.33.